The van der Waals surface area contributed by atoms with Crippen molar-refractivity contribution in [1.29, 1.82) is 0 Å². The van der Waals surface area contributed by atoms with E-state index in [1.54, 1.807) is 0 Å². The second-order valence-electron chi connectivity index (χ2n) is 5.40. The third-order valence-electron chi connectivity index (χ3n) is 3.60. The minimum atomic E-state index is -0.964. The Morgan fingerprint density at radius 3 is 2.60 bits per heavy atom. The number of aliphatic carboxylic acids is 1. The van der Waals surface area contributed by atoms with Gasteiger partial charge in [0.15, 0.2) is 0 Å². The average molecular weight is 285 g/mol. The molecule has 0 spiro atoms. The van der Waals surface area contributed by atoms with E-state index in [1.807, 2.05) is 0 Å². The van der Waals surface area contributed by atoms with Crippen molar-refractivity contribution in [3.63, 3.8) is 0 Å². The van der Waals surface area contributed by atoms with Gasteiger partial charge in [-0.2, -0.15) is 0 Å². The molecule has 1 saturated carbocycles. The number of hydrogen-bond acceptors (Lipinski definition) is 4. The van der Waals surface area contributed by atoms with Crippen molar-refractivity contribution in [2.75, 3.05) is 52.5 Å². The van der Waals surface area contributed by atoms with Crippen LogP contribution in [0.15, 0.2) is 0 Å². The smallest absolute Gasteiger partial charge is 0.323 e. The predicted octanol–water partition coefficient (Wildman–Crippen LogP) is -0.175. The highest BCUT2D eigenvalue weighted by Crippen LogP contribution is 2.29. The van der Waals surface area contributed by atoms with E-state index in [9.17, 15) is 9.59 Å². The van der Waals surface area contributed by atoms with E-state index < -0.39 is 5.97 Å². The fraction of sp³-hybridized carbons (Fsp3) is 0.846. The molecule has 7 heteroatoms. The molecule has 1 aliphatic carbocycles. The third-order valence-corrected chi connectivity index (χ3v) is 3.60. The molecule has 0 aromatic heterocycles. The topological polar surface area (TPSA) is 82.1 Å². The van der Waals surface area contributed by atoms with Crippen LogP contribution in [0.5, 0.6) is 0 Å². The zero-order valence-electron chi connectivity index (χ0n) is 11.7. The van der Waals surface area contributed by atoms with Gasteiger partial charge in [0.05, 0.1) is 13.2 Å². The number of morpholine rings is 1. The Hall–Kier alpha value is -1.34. The maximum absolute atomic E-state index is 12.0. The number of urea groups is 1. The Morgan fingerprint density at radius 2 is 2.00 bits per heavy atom. The van der Waals surface area contributed by atoms with E-state index in [4.69, 9.17) is 9.84 Å². The molecule has 2 rings (SSSR count). The lowest BCUT2D eigenvalue weighted by molar-refractivity contribution is -0.137. The molecule has 0 radical (unpaired) electrons. The van der Waals surface area contributed by atoms with E-state index in [2.05, 4.69) is 10.2 Å². The van der Waals surface area contributed by atoms with E-state index in [1.165, 1.54) is 4.90 Å². The normalized spacial score (nSPS) is 19.6. The van der Waals surface area contributed by atoms with Crippen LogP contribution in [-0.2, 0) is 9.53 Å². The number of ether oxygens (including phenoxy) is 1. The second kappa shape index (κ2) is 7.44. The summed E-state index contributed by atoms with van der Waals surface area (Å²) in [5.74, 6) is -0.478. The first-order valence-electron chi connectivity index (χ1n) is 7.20. The molecule has 20 heavy (non-hydrogen) atoms. The van der Waals surface area contributed by atoms with Gasteiger partial charge in [-0.1, -0.05) is 0 Å². The standard InChI is InChI=1S/C13H23N3O4/c17-12(18)10-16(9-11-1-2-11)13(19)14-3-4-15-5-7-20-8-6-15/h11H,1-10H2,(H,14,19)(H,17,18). The minimum Gasteiger partial charge on any atom is -0.480 e. The van der Waals surface area contributed by atoms with Crippen LogP contribution in [0.2, 0.25) is 0 Å². The lowest BCUT2D eigenvalue weighted by atomic mass is 10.3. The van der Waals surface area contributed by atoms with Crippen LogP contribution in [0.1, 0.15) is 12.8 Å². The number of nitrogens with one attached hydrogen (secondary N) is 1. The van der Waals surface area contributed by atoms with Gasteiger partial charge < -0.3 is 20.1 Å². The van der Waals surface area contributed by atoms with Gasteiger partial charge in [0, 0.05) is 32.7 Å². The summed E-state index contributed by atoms with van der Waals surface area (Å²) < 4.78 is 5.26. The Labute approximate surface area is 118 Å². The van der Waals surface area contributed by atoms with E-state index in [-0.39, 0.29) is 12.6 Å². The van der Waals surface area contributed by atoms with Gasteiger partial charge >= 0.3 is 12.0 Å². The number of rotatable bonds is 7. The molecule has 1 saturated heterocycles. The second-order valence-corrected chi connectivity index (χ2v) is 5.40. The first kappa shape index (κ1) is 15.1. The summed E-state index contributed by atoms with van der Waals surface area (Å²) in [5.41, 5.74) is 0. The fourth-order valence-electron chi connectivity index (χ4n) is 2.25. The summed E-state index contributed by atoms with van der Waals surface area (Å²) in [6, 6.07) is -0.271. The SMILES string of the molecule is O=C(O)CN(CC1CC1)C(=O)NCCN1CCOCC1. The lowest BCUT2D eigenvalue weighted by Crippen LogP contribution is -2.47. The van der Waals surface area contributed by atoms with Gasteiger partial charge in [-0.05, 0) is 18.8 Å². The Balaban J connectivity index is 1.68. The molecule has 2 N–H and O–H groups in total. The average Bonchev–Trinajstić information content (AvgIpc) is 3.22. The molecule has 0 aromatic carbocycles. The summed E-state index contributed by atoms with van der Waals surface area (Å²) in [4.78, 5) is 26.4. The van der Waals surface area contributed by atoms with Gasteiger partial charge in [-0.15, -0.1) is 0 Å². The summed E-state index contributed by atoms with van der Waals surface area (Å²) >= 11 is 0. The maximum Gasteiger partial charge on any atom is 0.323 e. The fourth-order valence-corrected chi connectivity index (χ4v) is 2.25. The minimum absolute atomic E-state index is 0.222. The Bertz CT molecular complexity index is 341. The molecule has 1 aliphatic heterocycles. The number of carbonyl (C=O) groups is 2. The molecule has 2 amide bonds. The van der Waals surface area contributed by atoms with Gasteiger partial charge in [0.1, 0.15) is 6.54 Å². The first-order valence-corrected chi connectivity index (χ1v) is 7.20. The highest BCUT2D eigenvalue weighted by molar-refractivity contribution is 5.80. The van der Waals surface area contributed by atoms with E-state index in [0.717, 1.165) is 45.7 Å². The monoisotopic (exact) mass is 285 g/mol. The van der Waals surface area contributed by atoms with E-state index in [0.29, 0.717) is 19.0 Å². The van der Waals surface area contributed by atoms with Crippen molar-refractivity contribution < 1.29 is 19.4 Å². The first-order chi connectivity index (χ1) is 9.65. The molecule has 7 nitrogen and oxygen atoms in total. The highest BCUT2D eigenvalue weighted by Gasteiger charge is 2.27. The number of carboxylic acid groups (broad SMARTS) is 1. The molecule has 0 aromatic rings. The molecule has 0 unspecified atom stereocenters. The number of carbonyl (C=O) groups excluding carboxylic acids is 1. The van der Waals surface area contributed by atoms with Crippen molar-refractivity contribution >= 4 is 12.0 Å². The molecule has 1 heterocycles. The van der Waals surface area contributed by atoms with Crippen LogP contribution in [-0.4, -0.2) is 79.4 Å². The summed E-state index contributed by atoms with van der Waals surface area (Å²) in [5, 5.41) is 11.7. The summed E-state index contributed by atoms with van der Waals surface area (Å²) in [6.45, 7) is 4.89. The van der Waals surface area contributed by atoms with Crippen LogP contribution in [0, 0.1) is 5.92 Å². The van der Waals surface area contributed by atoms with Crippen LogP contribution < -0.4 is 5.32 Å². The summed E-state index contributed by atoms with van der Waals surface area (Å²) in [6.07, 6.45) is 2.19. The van der Waals surface area contributed by atoms with E-state index >= 15 is 0 Å². The van der Waals surface area contributed by atoms with Gasteiger partial charge in [-0.25, -0.2) is 4.79 Å². The molecular formula is C13H23N3O4. The number of amides is 2. The van der Waals surface area contributed by atoms with Gasteiger partial charge in [0.25, 0.3) is 0 Å². The zero-order chi connectivity index (χ0) is 14.4. The molecule has 0 atom stereocenters. The van der Waals surface area contributed by atoms with Crippen molar-refractivity contribution in [2.24, 2.45) is 5.92 Å². The molecule has 0 bridgehead atoms. The van der Waals surface area contributed by atoms with Crippen LogP contribution in [0.3, 0.4) is 0 Å². The predicted molar refractivity (Wildman–Crippen MR) is 72.6 cm³/mol. The van der Waals surface area contributed by atoms with Crippen LogP contribution in [0.25, 0.3) is 0 Å². The summed E-state index contributed by atoms with van der Waals surface area (Å²) in [7, 11) is 0. The van der Waals surface area contributed by atoms with Gasteiger partial charge in [-0.3, -0.25) is 9.69 Å². The quantitative estimate of drug-likeness (QED) is 0.678. The van der Waals surface area contributed by atoms with Crippen molar-refractivity contribution in [3.05, 3.63) is 0 Å². The van der Waals surface area contributed by atoms with Crippen molar-refractivity contribution in [3.8, 4) is 0 Å². The lowest BCUT2D eigenvalue weighted by Gasteiger charge is -2.27. The Kier molecular flexibility index (Phi) is 5.60. The van der Waals surface area contributed by atoms with Crippen molar-refractivity contribution in [2.45, 2.75) is 12.8 Å². The van der Waals surface area contributed by atoms with Crippen molar-refractivity contribution in [1.82, 2.24) is 15.1 Å². The zero-order valence-corrected chi connectivity index (χ0v) is 11.7. The molecular weight excluding hydrogens is 262 g/mol. The molecule has 114 valence electrons. The highest BCUT2D eigenvalue weighted by atomic mass is 16.5. The molecule has 2 fully saturated rings. The van der Waals surface area contributed by atoms with Crippen LogP contribution in [0.4, 0.5) is 4.79 Å². The number of nitrogens with zero attached hydrogens (tertiary/aromatic N) is 2. The maximum atomic E-state index is 12.0. The Morgan fingerprint density at radius 1 is 1.30 bits per heavy atom. The number of hydrogen-bond donors (Lipinski definition) is 2. The van der Waals surface area contributed by atoms with Gasteiger partial charge in [0.2, 0.25) is 0 Å². The van der Waals surface area contributed by atoms with Crippen LogP contribution >= 0.6 is 0 Å². The largest absolute Gasteiger partial charge is 0.480 e. The molecule has 2 aliphatic rings. The number of carboxylic acids is 1. The third kappa shape index (κ3) is 5.34.